The number of carbonyl (C=O) groups excluding carboxylic acids is 1. The first-order valence-corrected chi connectivity index (χ1v) is 7.53. The Morgan fingerprint density at radius 3 is 2.86 bits per heavy atom. The highest BCUT2D eigenvalue weighted by atomic mass is 16.1. The summed E-state index contributed by atoms with van der Waals surface area (Å²) in [7, 11) is 2.01. The van der Waals surface area contributed by atoms with Crippen molar-refractivity contribution in [3.8, 4) is 0 Å². The van der Waals surface area contributed by atoms with Crippen LogP contribution in [0.1, 0.15) is 26.0 Å². The first-order chi connectivity index (χ1) is 10.6. The summed E-state index contributed by atoms with van der Waals surface area (Å²) in [4.78, 5) is 20.7. The van der Waals surface area contributed by atoms with Gasteiger partial charge in [-0.25, -0.2) is 4.98 Å². The zero-order chi connectivity index (χ0) is 15.7. The molecule has 3 aromatic rings. The summed E-state index contributed by atoms with van der Waals surface area (Å²) in [5.74, 6) is 0.0677. The zero-order valence-electron chi connectivity index (χ0n) is 13.1. The molecule has 0 saturated heterocycles. The number of nitrogens with zero attached hydrogens (tertiary/aromatic N) is 3. The Morgan fingerprint density at radius 2 is 2.09 bits per heavy atom. The van der Waals surface area contributed by atoms with Crippen molar-refractivity contribution in [2.75, 3.05) is 0 Å². The quantitative estimate of drug-likeness (QED) is 0.805. The molecule has 3 heterocycles. The van der Waals surface area contributed by atoms with Crippen LogP contribution in [0, 0.1) is 0 Å². The first kappa shape index (κ1) is 14.5. The molecule has 0 bridgehead atoms. The van der Waals surface area contributed by atoms with Crippen LogP contribution in [-0.4, -0.2) is 26.5 Å². The lowest BCUT2D eigenvalue weighted by atomic mass is 10.1. The summed E-state index contributed by atoms with van der Waals surface area (Å²) in [5.41, 5.74) is 2.99. The second-order valence-electron chi connectivity index (χ2n) is 5.85. The Morgan fingerprint density at radius 1 is 1.27 bits per heavy atom. The number of amides is 1. The Hall–Kier alpha value is -2.43. The van der Waals surface area contributed by atoms with E-state index in [0.29, 0.717) is 12.8 Å². The van der Waals surface area contributed by atoms with Crippen molar-refractivity contribution in [2.45, 2.75) is 32.7 Å². The molecule has 3 rings (SSSR count). The van der Waals surface area contributed by atoms with Gasteiger partial charge in [-0.3, -0.25) is 9.78 Å². The predicted molar refractivity (Wildman–Crippen MR) is 87.6 cm³/mol. The van der Waals surface area contributed by atoms with Crippen LogP contribution < -0.4 is 5.32 Å². The number of rotatable bonds is 4. The fourth-order valence-electron chi connectivity index (χ4n) is 2.73. The van der Waals surface area contributed by atoms with Crippen LogP contribution in [0.4, 0.5) is 0 Å². The number of aromatic nitrogens is 3. The van der Waals surface area contributed by atoms with E-state index in [0.717, 1.165) is 27.6 Å². The smallest absolute Gasteiger partial charge is 0.220 e. The lowest BCUT2D eigenvalue weighted by Crippen LogP contribution is -2.30. The lowest BCUT2D eigenvalue weighted by Gasteiger charge is -2.08. The minimum Gasteiger partial charge on any atom is -0.354 e. The molecule has 5 heteroatoms. The summed E-state index contributed by atoms with van der Waals surface area (Å²) >= 11 is 0. The fraction of sp³-hybridized carbons (Fsp3) is 0.353. The monoisotopic (exact) mass is 296 g/mol. The molecule has 0 saturated carbocycles. The third kappa shape index (κ3) is 2.66. The molecule has 5 nitrogen and oxygen atoms in total. The molecule has 3 aromatic heterocycles. The van der Waals surface area contributed by atoms with Crippen LogP contribution in [0.15, 0.2) is 30.6 Å². The van der Waals surface area contributed by atoms with Crippen LogP contribution in [0.5, 0.6) is 0 Å². The van der Waals surface area contributed by atoms with E-state index in [1.54, 1.807) is 6.20 Å². The largest absolute Gasteiger partial charge is 0.354 e. The predicted octanol–water partition coefficient (Wildman–Crippen LogP) is 2.58. The molecule has 0 aliphatic heterocycles. The zero-order valence-corrected chi connectivity index (χ0v) is 13.1. The highest BCUT2D eigenvalue weighted by molar-refractivity contribution is 6.06. The first-order valence-electron chi connectivity index (χ1n) is 7.53. The second-order valence-corrected chi connectivity index (χ2v) is 5.85. The maximum absolute atomic E-state index is 11.7. The molecule has 0 aliphatic carbocycles. The summed E-state index contributed by atoms with van der Waals surface area (Å²) in [6, 6.07) is 6.24. The Bertz CT molecular complexity index is 835. The molecule has 114 valence electrons. The average Bonchev–Trinajstić information content (AvgIpc) is 2.78. The van der Waals surface area contributed by atoms with E-state index in [9.17, 15) is 4.79 Å². The van der Waals surface area contributed by atoms with Gasteiger partial charge in [0.2, 0.25) is 5.91 Å². The Kier molecular flexibility index (Phi) is 3.79. The molecular weight excluding hydrogens is 276 g/mol. The van der Waals surface area contributed by atoms with Gasteiger partial charge in [0.25, 0.3) is 0 Å². The molecule has 1 N–H and O–H groups in total. The SMILES string of the molecule is CC(C)NC(=O)CCc1ccc2c3cnccc3n(C)c2n1. The molecule has 22 heavy (non-hydrogen) atoms. The number of fused-ring (bicyclic) bond motifs is 3. The van der Waals surface area contributed by atoms with Crippen molar-refractivity contribution in [1.29, 1.82) is 0 Å². The van der Waals surface area contributed by atoms with Gasteiger partial charge in [0.05, 0.1) is 5.52 Å². The number of carbonyl (C=O) groups is 1. The fourth-order valence-corrected chi connectivity index (χ4v) is 2.73. The number of nitrogens with one attached hydrogen (secondary N) is 1. The van der Waals surface area contributed by atoms with E-state index >= 15 is 0 Å². The van der Waals surface area contributed by atoms with Gasteiger partial charge in [0.15, 0.2) is 0 Å². The van der Waals surface area contributed by atoms with E-state index in [1.165, 1.54) is 0 Å². The van der Waals surface area contributed by atoms with Gasteiger partial charge in [-0.15, -0.1) is 0 Å². The minimum atomic E-state index is 0.0677. The number of pyridine rings is 2. The van der Waals surface area contributed by atoms with Crippen molar-refractivity contribution in [1.82, 2.24) is 19.9 Å². The molecule has 0 aliphatic rings. The molecule has 0 aromatic carbocycles. The molecule has 0 fully saturated rings. The maximum atomic E-state index is 11.7. The van der Waals surface area contributed by atoms with E-state index in [-0.39, 0.29) is 11.9 Å². The third-order valence-electron chi connectivity index (χ3n) is 3.76. The summed E-state index contributed by atoms with van der Waals surface area (Å²) in [5, 5.41) is 5.11. The van der Waals surface area contributed by atoms with Gasteiger partial charge in [0, 0.05) is 48.4 Å². The van der Waals surface area contributed by atoms with Crippen molar-refractivity contribution < 1.29 is 4.79 Å². The van der Waals surface area contributed by atoms with E-state index in [2.05, 4.69) is 20.9 Å². The minimum absolute atomic E-state index is 0.0677. The van der Waals surface area contributed by atoms with Crippen LogP contribution in [-0.2, 0) is 18.3 Å². The summed E-state index contributed by atoms with van der Waals surface area (Å²) in [6.45, 7) is 3.93. The van der Waals surface area contributed by atoms with Gasteiger partial charge in [-0.1, -0.05) is 0 Å². The molecule has 0 spiro atoms. The van der Waals surface area contributed by atoms with Crippen molar-refractivity contribution in [2.24, 2.45) is 7.05 Å². The summed E-state index contributed by atoms with van der Waals surface area (Å²) < 4.78 is 2.07. The summed E-state index contributed by atoms with van der Waals surface area (Å²) in [6.07, 6.45) is 4.77. The van der Waals surface area contributed by atoms with Crippen molar-refractivity contribution in [3.05, 3.63) is 36.3 Å². The highest BCUT2D eigenvalue weighted by Crippen LogP contribution is 2.26. The number of hydrogen-bond donors (Lipinski definition) is 1. The number of hydrogen-bond acceptors (Lipinski definition) is 3. The van der Waals surface area contributed by atoms with Crippen molar-refractivity contribution in [3.63, 3.8) is 0 Å². The Balaban J connectivity index is 1.88. The van der Waals surface area contributed by atoms with Crippen LogP contribution in [0.3, 0.4) is 0 Å². The third-order valence-corrected chi connectivity index (χ3v) is 3.76. The molecular formula is C17H20N4O. The topological polar surface area (TPSA) is 59.8 Å². The van der Waals surface area contributed by atoms with Gasteiger partial charge in [-0.05, 0) is 38.5 Å². The number of aryl methyl sites for hydroxylation is 2. The molecule has 0 radical (unpaired) electrons. The van der Waals surface area contributed by atoms with Gasteiger partial charge >= 0.3 is 0 Å². The Labute approximate surface area is 129 Å². The van der Waals surface area contributed by atoms with Gasteiger partial charge in [0.1, 0.15) is 5.65 Å². The standard InChI is InChI=1S/C17H20N4O/c1-11(2)19-16(22)7-5-12-4-6-13-14-10-18-9-8-15(14)21(3)17(13)20-12/h4,6,8-11H,5,7H2,1-3H3,(H,19,22). The normalized spacial score (nSPS) is 11.5. The molecule has 0 atom stereocenters. The van der Waals surface area contributed by atoms with E-state index in [1.807, 2.05) is 39.2 Å². The highest BCUT2D eigenvalue weighted by Gasteiger charge is 2.11. The van der Waals surface area contributed by atoms with E-state index < -0.39 is 0 Å². The van der Waals surface area contributed by atoms with E-state index in [4.69, 9.17) is 4.98 Å². The van der Waals surface area contributed by atoms with Crippen molar-refractivity contribution >= 4 is 27.8 Å². The van der Waals surface area contributed by atoms with Gasteiger partial charge < -0.3 is 9.88 Å². The van der Waals surface area contributed by atoms with Crippen LogP contribution >= 0.6 is 0 Å². The van der Waals surface area contributed by atoms with Crippen LogP contribution in [0.25, 0.3) is 21.9 Å². The second kappa shape index (κ2) is 5.75. The van der Waals surface area contributed by atoms with Gasteiger partial charge in [-0.2, -0.15) is 0 Å². The lowest BCUT2D eigenvalue weighted by molar-refractivity contribution is -0.121. The molecule has 0 unspecified atom stereocenters. The molecule has 1 amide bonds. The maximum Gasteiger partial charge on any atom is 0.220 e. The average molecular weight is 296 g/mol. The van der Waals surface area contributed by atoms with Crippen LogP contribution in [0.2, 0.25) is 0 Å².